The summed E-state index contributed by atoms with van der Waals surface area (Å²) in [7, 11) is 0. The van der Waals surface area contributed by atoms with Crippen LogP contribution in [0.25, 0.3) is 11.5 Å². The molecule has 0 atom stereocenters. The molecule has 0 aliphatic heterocycles. The van der Waals surface area contributed by atoms with E-state index >= 15 is 0 Å². The van der Waals surface area contributed by atoms with Crippen LogP contribution in [0.3, 0.4) is 0 Å². The highest BCUT2D eigenvalue weighted by Crippen LogP contribution is 2.17. The minimum absolute atomic E-state index is 0.266. The minimum atomic E-state index is -0.268. The summed E-state index contributed by atoms with van der Waals surface area (Å²) in [4.78, 5) is 16.1. The molecular formula is C15H11BrN2O3. The van der Waals surface area contributed by atoms with E-state index in [2.05, 4.69) is 26.2 Å². The lowest BCUT2D eigenvalue weighted by molar-refractivity contribution is 0.0922. The van der Waals surface area contributed by atoms with Crippen LogP contribution in [-0.2, 0) is 6.54 Å². The van der Waals surface area contributed by atoms with Crippen molar-refractivity contribution in [3.8, 4) is 11.5 Å². The van der Waals surface area contributed by atoms with Crippen molar-refractivity contribution in [2.45, 2.75) is 6.54 Å². The van der Waals surface area contributed by atoms with Crippen molar-refractivity contribution >= 4 is 21.8 Å². The van der Waals surface area contributed by atoms with E-state index in [0.29, 0.717) is 17.0 Å². The van der Waals surface area contributed by atoms with E-state index in [4.69, 9.17) is 8.83 Å². The molecule has 3 heterocycles. The molecule has 21 heavy (non-hydrogen) atoms. The highest BCUT2D eigenvalue weighted by molar-refractivity contribution is 9.10. The molecule has 0 bridgehead atoms. The van der Waals surface area contributed by atoms with Crippen LogP contribution >= 0.6 is 15.9 Å². The molecule has 0 aliphatic rings. The molecule has 1 amide bonds. The predicted molar refractivity (Wildman–Crippen MR) is 79.5 cm³/mol. The van der Waals surface area contributed by atoms with Crippen LogP contribution in [-0.4, -0.2) is 10.9 Å². The van der Waals surface area contributed by atoms with Gasteiger partial charge < -0.3 is 14.2 Å². The third kappa shape index (κ3) is 3.22. The average Bonchev–Trinajstić information content (AvgIpc) is 3.16. The molecule has 1 N–H and O–H groups in total. The standard InChI is InChI=1S/C15H11BrN2O3/c16-14-6-5-13(21-14)15(19)18-9-10-3-4-11(17-8-10)12-2-1-7-20-12/h1-8H,9H2,(H,18,19). The number of nitrogens with zero attached hydrogens (tertiary/aromatic N) is 1. The quantitative estimate of drug-likeness (QED) is 0.783. The summed E-state index contributed by atoms with van der Waals surface area (Å²) in [6.45, 7) is 0.378. The van der Waals surface area contributed by atoms with Crippen molar-refractivity contribution in [2.75, 3.05) is 0 Å². The van der Waals surface area contributed by atoms with Gasteiger partial charge in [0.15, 0.2) is 16.2 Å². The first-order chi connectivity index (χ1) is 10.2. The molecule has 106 valence electrons. The number of amides is 1. The van der Waals surface area contributed by atoms with Crippen molar-refractivity contribution in [1.29, 1.82) is 0 Å². The Balaban J connectivity index is 1.62. The average molecular weight is 347 g/mol. The number of rotatable bonds is 4. The molecule has 6 heteroatoms. The Morgan fingerprint density at radius 2 is 2.14 bits per heavy atom. The van der Waals surface area contributed by atoms with E-state index in [1.807, 2.05) is 24.3 Å². The van der Waals surface area contributed by atoms with Crippen LogP contribution in [0.2, 0.25) is 0 Å². The van der Waals surface area contributed by atoms with E-state index in [9.17, 15) is 4.79 Å². The van der Waals surface area contributed by atoms with Crippen molar-refractivity contribution < 1.29 is 13.6 Å². The van der Waals surface area contributed by atoms with Gasteiger partial charge in [0, 0.05) is 12.7 Å². The number of carbonyl (C=O) groups excluding carboxylic acids is 1. The molecule has 0 aromatic carbocycles. The first-order valence-corrected chi connectivity index (χ1v) is 7.04. The van der Waals surface area contributed by atoms with Gasteiger partial charge in [-0.15, -0.1) is 0 Å². The molecule has 0 spiro atoms. The lowest BCUT2D eigenvalue weighted by atomic mass is 10.2. The summed E-state index contributed by atoms with van der Waals surface area (Å²) >= 11 is 3.16. The maximum atomic E-state index is 11.8. The first kappa shape index (κ1) is 13.6. The van der Waals surface area contributed by atoms with E-state index in [-0.39, 0.29) is 11.7 Å². The van der Waals surface area contributed by atoms with Gasteiger partial charge in [-0.3, -0.25) is 9.78 Å². The maximum Gasteiger partial charge on any atom is 0.287 e. The molecular weight excluding hydrogens is 336 g/mol. The Morgan fingerprint density at radius 3 is 2.76 bits per heavy atom. The zero-order chi connectivity index (χ0) is 14.7. The second kappa shape index (κ2) is 5.97. The fourth-order valence-corrected chi connectivity index (χ4v) is 2.11. The van der Waals surface area contributed by atoms with Gasteiger partial charge in [-0.2, -0.15) is 0 Å². The van der Waals surface area contributed by atoms with E-state index in [0.717, 1.165) is 11.3 Å². The van der Waals surface area contributed by atoms with Gasteiger partial charge in [-0.05, 0) is 51.8 Å². The van der Waals surface area contributed by atoms with E-state index in [1.165, 1.54) is 0 Å². The highest BCUT2D eigenvalue weighted by atomic mass is 79.9. The van der Waals surface area contributed by atoms with Gasteiger partial charge in [0.05, 0.1) is 6.26 Å². The smallest absolute Gasteiger partial charge is 0.287 e. The first-order valence-electron chi connectivity index (χ1n) is 6.25. The number of hydrogen-bond acceptors (Lipinski definition) is 4. The summed E-state index contributed by atoms with van der Waals surface area (Å²) in [5.41, 5.74) is 1.65. The van der Waals surface area contributed by atoms with E-state index in [1.54, 1.807) is 24.6 Å². The molecule has 3 aromatic heterocycles. The van der Waals surface area contributed by atoms with Crippen LogP contribution in [0.4, 0.5) is 0 Å². The second-order valence-electron chi connectivity index (χ2n) is 4.32. The lowest BCUT2D eigenvalue weighted by Gasteiger charge is -2.04. The Labute approximate surface area is 129 Å². The summed E-state index contributed by atoms with van der Waals surface area (Å²) in [6.07, 6.45) is 3.31. The van der Waals surface area contributed by atoms with Crippen LogP contribution < -0.4 is 5.32 Å². The van der Waals surface area contributed by atoms with Gasteiger partial charge in [0.2, 0.25) is 0 Å². The van der Waals surface area contributed by atoms with Crippen LogP contribution in [0, 0.1) is 0 Å². The Kier molecular flexibility index (Phi) is 3.87. The van der Waals surface area contributed by atoms with E-state index < -0.39 is 0 Å². The van der Waals surface area contributed by atoms with Crippen LogP contribution in [0.15, 0.2) is 62.4 Å². The van der Waals surface area contributed by atoms with Crippen LogP contribution in [0.5, 0.6) is 0 Å². The highest BCUT2D eigenvalue weighted by Gasteiger charge is 2.10. The molecule has 0 fully saturated rings. The summed E-state index contributed by atoms with van der Waals surface area (Å²) in [6, 6.07) is 10.7. The fourth-order valence-electron chi connectivity index (χ4n) is 1.80. The Hall–Kier alpha value is -2.34. The minimum Gasteiger partial charge on any atom is -0.463 e. The molecule has 0 aliphatic carbocycles. The number of aromatic nitrogens is 1. The number of carbonyl (C=O) groups is 1. The predicted octanol–water partition coefficient (Wildman–Crippen LogP) is 3.63. The van der Waals surface area contributed by atoms with Crippen molar-refractivity contribution in [3.63, 3.8) is 0 Å². The third-order valence-electron chi connectivity index (χ3n) is 2.85. The maximum absolute atomic E-state index is 11.8. The fraction of sp³-hybridized carbons (Fsp3) is 0.0667. The number of halogens is 1. The molecule has 3 aromatic rings. The van der Waals surface area contributed by atoms with Crippen molar-refractivity contribution in [3.05, 3.63) is 64.9 Å². The van der Waals surface area contributed by atoms with Gasteiger partial charge in [-0.25, -0.2) is 0 Å². The summed E-state index contributed by atoms with van der Waals surface area (Å²) < 4.78 is 11.0. The Morgan fingerprint density at radius 1 is 1.24 bits per heavy atom. The molecule has 5 nitrogen and oxygen atoms in total. The van der Waals surface area contributed by atoms with Gasteiger partial charge >= 0.3 is 0 Å². The lowest BCUT2D eigenvalue weighted by Crippen LogP contribution is -2.22. The topological polar surface area (TPSA) is 68.3 Å². The molecule has 0 unspecified atom stereocenters. The molecule has 0 saturated heterocycles. The molecule has 0 radical (unpaired) electrons. The third-order valence-corrected chi connectivity index (χ3v) is 3.27. The number of hydrogen-bond donors (Lipinski definition) is 1. The zero-order valence-corrected chi connectivity index (χ0v) is 12.5. The SMILES string of the molecule is O=C(NCc1ccc(-c2ccco2)nc1)c1ccc(Br)o1. The monoisotopic (exact) mass is 346 g/mol. The van der Waals surface area contributed by atoms with Gasteiger partial charge in [0.1, 0.15) is 5.69 Å². The van der Waals surface area contributed by atoms with Crippen molar-refractivity contribution in [1.82, 2.24) is 10.3 Å². The normalized spacial score (nSPS) is 10.5. The number of nitrogens with one attached hydrogen (secondary N) is 1. The van der Waals surface area contributed by atoms with Crippen LogP contribution in [0.1, 0.15) is 16.1 Å². The van der Waals surface area contributed by atoms with Gasteiger partial charge in [-0.1, -0.05) is 6.07 Å². The number of pyridine rings is 1. The molecule has 0 saturated carbocycles. The van der Waals surface area contributed by atoms with Gasteiger partial charge in [0.25, 0.3) is 5.91 Å². The summed E-state index contributed by atoms with van der Waals surface area (Å²) in [5.74, 6) is 0.712. The largest absolute Gasteiger partial charge is 0.463 e. The number of furan rings is 2. The Bertz CT molecular complexity index is 733. The second-order valence-corrected chi connectivity index (χ2v) is 5.10. The summed E-state index contributed by atoms with van der Waals surface area (Å²) in [5, 5.41) is 2.77. The zero-order valence-electron chi connectivity index (χ0n) is 10.9. The molecule has 3 rings (SSSR count). The van der Waals surface area contributed by atoms with Crippen molar-refractivity contribution in [2.24, 2.45) is 0 Å².